The summed E-state index contributed by atoms with van der Waals surface area (Å²) in [4.78, 5) is 4.55. The number of hydrogen-bond donors (Lipinski definition) is 3. The van der Waals surface area contributed by atoms with E-state index < -0.39 is 0 Å². The van der Waals surface area contributed by atoms with Gasteiger partial charge in [0.25, 0.3) is 0 Å². The maximum atomic E-state index is 4.55. The van der Waals surface area contributed by atoms with Crippen LogP contribution in [0.5, 0.6) is 0 Å². The first kappa shape index (κ1) is 15.9. The second-order valence-corrected chi connectivity index (χ2v) is 5.85. The molecule has 1 heterocycles. The number of guanidine groups is 1. The van der Waals surface area contributed by atoms with E-state index in [1.54, 1.807) is 6.20 Å². The lowest BCUT2D eigenvalue weighted by Gasteiger charge is -2.12. The zero-order valence-electron chi connectivity index (χ0n) is 13.2. The van der Waals surface area contributed by atoms with Gasteiger partial charge in [-0.25, -0.2) is 4.99 Å². The minimum atomic E-state index is 0.636. The van der Waals surface area contributed by atoms with Gasteiger partial charge in [-0.15, -0.1) is 0 Å². The quantitative estimate of drug-likeness (QED) is 0.392. The van der Waals surface area contributed by atoms with Gasteiger partial charge in [-0.05, 0) is 25.3 Å². The topological polar surface area (TPSA) is 65.1 Å². The molecule has 0 atom stereocenters. The lowest BCUT2D eigenvalue weighted by molar-refractivity contribution is 0.472. The van der Waals surface area contributed by atoms with E-state index in [1.165, 1.54) is 44.9 Å². The van der Waals surface area contributed by atoms with Crippen molar-refractivity contribution in [3.05, 3.63) is 18.0 Å². The van der Waals surface area contributed by atoms with Gasteiger partial charge in [0.1, 0.15) is 0 Å². The molecule has 0 spiro atoms. The van der Waals surface area contributed by atoms with Crippen molar-refractivity contribution < 1.29 is 0 Å². The SMILES string of the molecule is CCNC(=NCc1ccn[nH]1)NCCCCC1CCCC1. The lowest BCUT2D eigenvalue weighted by Crippen LogP contribution is -2.37. The molecule has 21 heavy (non-hydrogen) atoms. The number of aromatic amines is 1. The van der Waals surface area contributed by atoms with E-state index in [0.717, 1.165) is 30.7 Å². The molecule has 1 aromatic heterocycles. The summed E-state index contributed by atoms with van der Waals surface area (Å²) in [6, 6.07) is 1.95. The monoisotopic (exact) mass is 291 g/mol. The van der Waals surface area contributed by atoms with Gasteiger partial charge in [-0.2, -0.15) is 5.10 Å². The Kier molecular flexibility index (Phi) is 7.12. The zero-order valence-corrected chi connectivity index (χ0v) is 13.2. The highest BCUT2D eigenvalue weighted by Crippen LogP contribution is 2.28. The van der Waals surface area contributed by atoms with Gasteiger partial charge in [0.2, 0.25) is 0 Å². The molecule has 0 radical (unpaired) electrons. The average molecular weight is 291 g/mol. The van der Waals surface area contributed by atoms with Gasteiger partial charge in [0, 0.05) is 19.3 Å². The van der Waals surface area contributed by atoms with Crippen LogP contribution >= 0.6 is 0 Å². The summed E-state index contributed by atoms with van der Waals surface area (Å²) in [5.74, 6) is 1.90. The van der Waals surface area contributed by atoms with Crippen molar-refractivity contribution >= 4 is 5.96 Å². The van der Waals surface area contributed by atoms with E-state index in [2.05, 4.69) is 32.7 Å². The molecule has 1 aromatic rings. The van der Waals surface area contributed by atoms with Crippen LogP contribution in [0.15, 0.2) is 17.3 Å². The van der Waals surface area contributed by atoms with Gasteiger partial charge in [0.15, 0.2) is 5.96 Å². The summed E-state index contributed by atoms with van der Waals surface area (Å²) in [7, 11) is 0. The van der Waals surface area contributed by atoms with Crippen LogP contribution in [0, 0.1) is 5.92 Å². The Hall–Kier alpha value is -1.52. The maximum absolute atomic E-state index is 4.55. The Morgan fingerprint density at radius 3 is 2.90 bits per heavy atom. The normalized spacial score (nSPS) is 16.3. The highest BCUT2D eigenvalue weighted by atomic mass is 15.2. The van der Waals surface area contributed by atoms with Crippen LogP contribution in [0.25, 0.3) is 0 Å². The van der Waals surface area contributed by atoms with Crippen molar-refractivity contribution in [3.8, 4) is 0 Å². The van der Waals surface area contributed by atoms with E-state index in [4.69, 9.17) is 0 Å². The van der Waals surface area contributed by atoms with Crippen molar-refractivity contribution in [1.82, 2.24) is 20.8 Å². The molecule has 5 heteroatoms. The van der Waals surface area contributed by atoms with Crippen molar-refractivity contribution in [2.45, 2.75) is 58.4 Å². The fourth-order valence-electron chi connectivity index (χ4n) is 2.94. The van der Waals surface area contributed by atoms with Gasteiger partial charge >= 0.3 is 0 Å². The van der Waals surface area contributed by atoms with Crippen LogP contribution in [0.2, 0.25) is 0 Å². The number of aliphatic imine (C=N–C) groups is 1. The number of nitrogens with zero attached hydrogens (tertiary/aromatic N) is 2. The molecule has 118 valence electrons. The molecule has 0 aliphatic heterocycles. The van der Waals surface area contributed by atoms with Gasteiger partial charge in [0.05, 0.1) is 12.2 Å². The summed E-state index contributed by atoms with van der Waals surface area (Å²) in [5, 5.41) is 13.6. The molecular weight excluding hydrogens is 262 g/mol. The second-order valence-electron chi connectivity index (χ2n) is 5.85. The second kappa shape index (κ2) is 9.42. The Labute approximate surface area is 128 Å². The molecule has 2 rings (SSSR count). The van der Waals surface area contributed by atoms with E-state index >= 15 is 0 Å². The van der Waals surface area contributed by atoms with Crippen LogP contribution in [0.1, 0.15) is 57.6 Å². The molecule has 0 aromatic carbocycles. The molecular formula is C16H29N5. The summed E-state index contributed by atoms with van der Waals surface area (Å²) in [6.07, 6.45) is 11.5. The Bertz CT molecular complexity index is 393. The smallest absolute Gasteiger partial charge is 0.191 e. The molecule has 0 unspecified atom stereocenters. The molecule has 1 aliphatic rings. The fraction of sp³-hybridized carbons (Fsp3) is 0.750. The first-order chi connectivity index (χ1) is 10.4. The average Bonchev–Trinajstić information content (AvgIpc) is 3.17. The summed E-state index contributed by atoms with van der Waals surface area (Å²) in [5.41, 5.74) is 1.04. The van der Waals surface area contributed by atoms with Crippen molar-refractivity contribution in [2.75, 3.05) is 13.1 Å². The third-order valence-corrected chi connectivity index (χ3v) is 4.12. The van der Waals surface area contributed by atoms with Crippen LogP contribution in [-0.2, 0) is 6.54 Å². The Morgan fingerprint density at radius 2 is 2.19 bits per heavy atom. The largest absolute Gasteiger partial charge is 0.357 e. The standard InChI is InChI=1S/C16H29N5/c1-2-17-16(19-13-15-10-12-20-21-15)18-11-6-5-9-14-7-3-4-8-14/h10,12,14H,2-9,11,13H2,1H3,(H,20,21)(H2,17,18,19). The summed E-state index contributed by atoms with van der Waals surface area (Å²) < 4.78 is 0. The number of unbranched alkanes of at least 4 members (excludes halogenated alkanes) is 1. The lowest BCUT2D eigenvalue weighted by atomic mass is 10.0. The molecule has 1 aliphatic carbocycles. The first-order valence-electron chi connectivity index (χ1n) is 8.39. The third kappa shape index (κ3) is 6.19. The molecule has 3 N–H and O–H groups in total. The maximum Gasteiger partial charge on any atom is 0.191 e. The van der Waals surface area contributed by atoms with Crippen LogP contribution in [-0.4, -0.2) is 29.2 Å². The number of nitrogens with one attached hydrogen (secondary N) is 3. The molecule has 5 nitrogen and oxygen atoms in total. The van der Waals surface area contributed by atoms with Crippen LogP contribution in [0.3, 0.4) is 0 Å². The molecule has 0 bridgehead atoms. The van der Waals surface area contributed by atoms with Crippen LogP contribution < -0.4 is 10.6 Å². The Balaban J connectivity index is 1.61. The van der Waals surface area contributed by atoms with Crippen molar-refractivity contribution in [1.29, 1.82) is 0 Å². The van der Waals surface area contributed by atoms with Gasteiger partial charge < -0.3 is 10.6 Å². The predicted octanol–water partition coefficient (Wildman–Crippen LogP) is 2.83. The van der Waals surface area contributed by atoms with Gasteiger partial charge in [-0.1, -0.05) is 38.5 Å². The van der Waals surface area contributed by atoms with E-state index in [9.17, 15) is 0 Å². The number of rotatable bonds is 8. The van der Waals surface area contributed by atoms with Gasteiger partial charge in [-0.3, -0.25) is 5.10 Å². The highest BCUT2D eigenvalue weighted by Gasteiger charge is 2.13. The summed E-state index contributed by atoms with van der Waals surface area (Å²) >= 11 is 0. The molecule has 0 amide bonds. The van der Waals surface area contributed by atoms with Crippen LogP contribution in [0.4, 0.5) is 0 Å². The van der Waals surface area contributed by atoms with E-state index in [-0.39, 0.29) is 0 Å². The molecule has 1 saturated carbocycles. The first-order valence-corrected chi connectivity index (χ1v) is 8.39. The summed E-state index contributed by atoms with van der Waals surface area (Å²) in [6.45, 7) is 4.61. The number of hydrogen-bond acceptors (Lipinski definition) is 2. The molecule has 1 fully saturated rings. The predicted molar refractivity (Wildman–Crippen MR) is 87.2 cm³/mol. The minimum Gasteiger partial charge on any atom is -0.357 e. The highest BCUT2D eigenvalue weighted by molar-refractivity contribution is 5.79. The van der Waals surface area contributed by atoms with E-state index in [0.29, 0.717) is 6.54 Å². The Morgan fingerprint density at radius 1 is 1.33 bits per heavy atom. The minimum absolute atomic E-state index is 0.636. The zero-order chi connectivity index (χ0) is 14.8. The third-order valence-electron chi connectivity index (χ3n) is 4.12. The number of aromatic nitrogens is 2. The van der Waals surface area contributed by atoms with E-state index in [1.807, 2.05) is 6.07 Å². The molecule has 0 saturated heterocycles. The van der Waals surface area contributed by atoms with Crippen molar-refractivity contribution in [2.24, 2.45) is 10.9 Å². The fourth-order valence-corrected chi connectivity index (χ4v) is 2.94. The number of H-pyrrole nitrogens is 1. The van der Waals surface area contributed by atoms with Crippen molar-refractivity contribution in [3.63, 3.8) is 0 Å².